The van der Waals surface area contributed by atoms with E-state index in [0.29, 0.717) is 22.5 Å². The molecule has 8 heteroatoms. The van der Waals surface area contributed by atoms with Crippen LogP contribution in [0.1, 0.15) is 18.8 Å². The lowest BCUT2D eigenvalue weighted by molar-refractivity contribution is 0.190. The van der Waals surface area contributed by atoms with Crippen LogP contribution in [0.5, 0.6) is 0 Å². The number of pyridine rings is 1. The Morgan fingerprint density at radius 2 is 2.04 bits per heavy atom. The zero-order valence-corrected chi connectivity index (χ0v) is 12.0. The van der Waals surface area contributed by atoms with E-state index in [4.69, 9.17) is 5.11 Å². The fourth-order valence-electron chi connectivity index (χ4n) is 2.40. The van der Waals surface area contributed by atoms with Crippen molar-refractivity contribution in [2.24, 2.45) is 0 Å². The second kappa shape index (κ2) is 5.64. The van der Waals surface area contributed by atoms with Gasteiger partial charge in [0.1, 0.15) is 17.5 Å². The normalized spacial score (nSPS) is 12.3. The van der Waals surface area contributed by atoms with Gasteiger partial charge in [0.2, 0.25) is 0 Å². The second-order valence-corrected chi connectivity index (χ2v) is 4.97. The number of amides is 1. The maximum absolute atomic E-state index is 13.6. The first-order chi connectivity index (χ1) is 11.0. The number of benzene rings is 1. The Bertz CT molecular complexity index is 894. The summed E-state index contributed by atoms with van der Waals surface area (Å²) in [6.07, 6.45) is 1.22. The molecule has 2 heterocycles. The molecule has 0 aliphatic rings. The number of nitrogens with one attached hydrogen (secondary N) is 1. The fraction of sp³-hybridized carbons (Fsp3) is 0.133. The van der Waals surface area contributed by atoms with Crippen LogP contribution < -0.4 is 5.32 Å². The Morgan fingerprint density at radius 3 is 2.74 bits per heavy atom. The average Bonchev–Trinajstić information content (AvgIpc) is 2.85. The SMILES string of the molecule is C[C@H](NC(=O)O)c1nc2ccc(F)cc2n1-c1cncc(F)c1. The summed E-state index contributed by atoms with van der Waals surface area (Å²) in [5.74, 6) is -0.737. The minimum absolute atomic E-state index is 0.306. The van der Waals surface area contributed by atoms with Gasteiger partial charge >= 0.3 is 6.09 Å². The number of fused-ring (bicyclic) bond motifs is 1. The first kappa shape index (κ1) is 14.9. The van der Waals surface area contributed by atoms with Gasteiger partial charge < -0.3 is 10.4 Å². The maximum Gasteiger partial charge on any atom is 0.405 e. The van der Waals surface area contributed by atoms with Crippen LogP contribution in [0.3, 0.4) is 0 Å². The smallest absolute Gasteiger partial charge is 0.405 e. The lowest BCUT2D eigenvalue weighted by atomic mass is 10.2. The maximum atomic E-state index is 13.6. The quantitative estimate of drug-likeness (QED) is 0.778. The molecule has 0 saturated heterocycles. The summed E-state index contributed by atoms with van der Waals surface area (Å²) < 4.78 is 28.6. The Balaban J connectivity index is 2.26. The first-order valence-corrected chi connectivity index (χ1v) is 6.74. The largest absolute Gasteiger partial charge is 0.465 e. The number of hydrogen-bond donors (Lipinski definition) is 2. The predicted octanol–water partition coefficient (Wildman–Crippen LogP) is 3.03. The van der Waals surface area contributed by atoms with Gasteiger partial charge in [-0.2, -0.15) is 0 Å². The van der Waals surface area contributed by atoms with Gasteiger partial charge in [0, 0.05) is 12.1 Å². The van der Waals surface area contributed by atoms with Crippen LogP contribution in [0.2, 0.25) is 0 Å². The van der Waals surface area contributed by atoms with E-state index in [2.05, 4.69) is 15.3 Å². The summed E-state index contributed by atoms with van der Waals surface area (Å²) in [4.78, 5) is 19.0. The van der Waals surface area contributed by atoms with Gasteiger partial charge in [-0.05, 0) is 19.1 Å². The fourth-order valence-corrected chi connectivity index (χ4v) is 2.40. The first-order valence-electron chi connectivity index (χ1n) is 6.74. The van der Waals surface area contributed by atoms with E-state index in [1.165, 1.54) is 35.0 Å². The van der Waals surface area contributed by atoms with Crippen LogP contribution in [0.15, 0.2) is 36.7 Å². The molecule has 0 aliphatic heterocycles. The summed E-state index contributed by atoms with van der Waals surface area (Å²) in [5.41, 5.74) is 1.18. The molecule has 6 nitrogen and oxygen atoms in total. The predicted molar refractivity (Wildman–Crippen MR) is 78.4 cm³/mol. The molecule has 3 aromatic rings. The summed E-state index contributed by atoms with van der Waals surface area (Å²) in [7, 11) is 0. The molecule has 118 valence electrons. The van der Waals surface area contributed by atoms with Crippen LogP contribution >= 0.6 is 0 Å². The Hall–Kier alpha value is -3.03. The van der Waals surface area contributed by atoms with Crippen LogP contribution in [0, 0.1) is 11.6 Å². The van der Waals surface area contributed by atoms with Gasteiger partial charge in [0.15, 0.2) is 0 Å². The molecule has 1 atom stereocenters. The van der Waals surface area contributed by atoms with E-state index in [1.807, 2.05) is 0 Å². The van der Waals surface area contributed by atoms with Gasteiger partial charge in [-0.3, -0.25) is 9.55 Å². The molecule has 0 unspecified atom stereocenters. The van der Waals surface area contributed by atoms with Crippen LogP contribution in [-0.2, 0) is 0 Å². The molecule has 23 heavy (non-hydrogen) atoms. The number of carboxylic acid groups (broad SMARTS) is 1. The molecular formula is C15H12F2N4O2. The number of halogens is 2. The molecule has 1 aromatic carbocycles. The number of rotatable bonds is 3. The molecule has 2 aromatic heterocycles. The monoisotopic (exact) mass is 318 g/mol. The minimum atomic E-state index is -1.22. The molecule has 1 amide bonds. The van der Waals surface area contributed by atoms with Crippen molar-refractivity contribution in [2.45, 2.75) is 13.0 Å². The number of imidazole rings is 1. The van der Waals surface area contributed by atoms with Crippen molar-refractivity contribution in [3.05, 3.63) is 54.1 Å². The Kier molecular flexibility index (Phi) is 3.65. The highest BCUT2D eigenvalue weighted by molar-refractivity contribution is 5.78. The third-order valence-corrected chi connectivity index (χ3v) is 3.32. The van der Waals surface area contributed by atoms with Crippen LogP contribution in [0.25, 0.3) is 16.7 Å². The molecule has 0 fully saturated rings. The van der Waals surface area contributed by atoms with Gasteiger partial charge in [0.05, 0.1) is 35.2 Å². The summed E-state index contributed by atoms with van der Waals surface area (Å²) in [6, 6.07) is 4.51. The van der Waals surface area contributed by atoms with Gasteiger partial charge in [0.25, 0.3) is 0 Å². The van der Waals surface area contributed by atoms with Crippen molar-refractivity contribution in [1.29, 1.82) is 0 Å². The van der Waals surface area contributed by atoms with Crippen molar-refractivity contribution < 1.29 is 18.7 Å². The van der Waals surface area contributed by atoms with Crippen molar-refractivity contribution >= 4 is 17.1 Å². The summed E-state index contributed by atoms with van der Waals surface area (Å²) in [6.45, 7) is 1.59. The molecule has 0 spiro atoms. The van der Waals surface area contributed by atoms with Crippen molar-refractivity contribution in [2.75, 3.05) is 0 Å². The van der Waals surface area contributed by atoms with E-state index in [9.17, 15) is 13.6 Å². The average molecular weight is 318 g/mol. The topological polar surface area (TPSA) is 80.0 Å². The zero-order chi connectivity index (χ0) is 16.6. The Labute approximate surface area is 129 Å². The summed E-state index contributed by atoms with van der Waals surface area (Å²) >= 11 is 0. The molecule has 3 rings (SSSR count). The van der Waals surface area contributed by atoms with E-state index in [0.717, 1.165) is 6.20 Å². The molecule has 0 aliphatic carbocycles. The zero-order valence-electron chi connectivity index (χ0n) is 12.0. The molecule has 0 saturated carbocycles. The third-order valence-electron chi connectivity index (χ3n) is 3.32. The molecule has 2 N–H and O–H groups in total. The van der Waals surface area contributed by atoms with Crippen molar-refractivity contribution in [1.82, 2.24) is 19.9 Å². The second-order valence-electron chi connectivity index (χ2n) is 4.97. The Morgan fingerprint density at radius 1 is 1.26 bits per heavy atom. The van der Waals surface area contributed by atoms with E-state index < -0.39 is 23.8 Å². The number of carbonyl (C=O) groups is 1. The van der Waals surface area contributed by atoms with Gasteiger partial charge in [-0.15, -0.1) is 0 Å². The van der Waals surface area contributed by atoms with Crippen LogP contribution in [0.4, 0.5) is 13.6 Å². The molecular weight excluding hydrogens is 306 g/mol. The highest BCUT2D eigenvalue weighted by atomic mass is 19.1. The number of aromatic nitrogens is 3. The van der Waals surface area contributed by atoms with Crippen LogP contribution in [-0.4, -0.2) is 25.7 Å². The molecule has 0 radical (unpaired) electrons. The van der Waals surface area contributed by atoms with Gasteiger partial charge in [-0.1, -0.05) is 0 Å². The standard InChI is InChI=1S/C15H12F2N4O2/c1-8(19-15(22)23)14-20-12-3-2-9(16)5-13(12)21(14)11-4-10(17)6-18-7-11/h2-8,19H,1H3,(H,22,23)/t8-/m0/s1. The highest BCUT2D eigenvalue weighted by Crippen LogP contribution is 2.26. The van der Waals surface area contributed by atoms with E-state index in [1.54, 1.807) is 6.92 Å². The van der Waals surface area contributed by atoms with E-state index >= 15 is 0 Å². The number of nitrogens with zero attached hydrogens (tertiary/aromatic N) is 3. The van der Waals surface area contributed by atoms with E-state index in [-0.39, 0.29) is 0 Å². The lowest BCUT2D eigenvalue weighted by Crippen LogP contribution is -2.26. The van der Waals surface area contributed by atoms with Gasteiger partial charge in [-0.25, -0.2) is 18.6 Å². The summed E-state index contributed by atoms with van der Waals surface area (Å²) in [5, 5.41) is 11.2. The third kappa shape index (κ3) is 2.83. The minimum Gasteiger partial charge on any atom is -0.465 e. The van der Waals surface area contributed by atoms with Crippen molar-refractivity contribution in [3.8, 4) is 5.69 Å². The lowest BCUT2D eigenvalue weighted by Gasteiger charge is -2.14. The molecule has 0 bridgehead atoms. The highest BCUT2D eigenvalue weighted by Gasteiger charge is 2.20. The number of hydrogen-bond acceptors (Lipinski definition) is 3. The van der Waals surface area contributed by atoms with Crippen molar-refractivity contribution in [3.63, 3.8) is 0 Å².